The summed E-state index contributed by atoms with van der Waals surface area (Å²) in [6.45, 7) is 27.1. The first kappa shape index (κ1) is 54.5. The number of ether oxygens (including phenoxy) is 4. The summed E-state index contributed by atoms with van der Waals surface area (Å²) < 4.78 is 27.2. The van der Waals surface area contributed by atoms with Crippen LogP contribution in [-0.4, -0.2) is 107 Å². The number of nitrogens with zero attached hydrogens (tertiary/aromatic N) is 6. The molecule has 0 unspecified atom stereocenters. The second-order valence-corrected chi connectivity index (χ2v) is 31.9. The fourth-order valence-electron chi connectivity index (χ4n) is 7.19. The Morgan fingerprint density at radius 3 is 1.28 bits per heavy atom. The van der Waals surface area contributed by atoms with Gasteiger partial charge >= 0.3 is 12.2 Å². The number of imidazole rings is 2. The first-order valence-corrected chi connectivity index (χ1v) is 29.3. The van der Waals surface area contributed by atoms with Crippen molar-refractivity contribution in [1.29, 1.82) is 0 Å². The van der Waals surface area contributed by atoms with E-state index in [1.807, 2.05) is 41.5 Å². The Hall–Kier alpha value is -3.83. The number of benzene rings is 1. The van der Waals surface area contributed by atoms with Crippen molar-refractivity contribution in [2.24, 2.45) is 0 Å². The first-order chi connectivity index (χ1) is 28.9. The topological polar surface area (TPSA) is 171 Å². The molecule has 64 heavy (non-hydrogen) atoms. The highest BCUT2D eigenvalue weighted by Crippen LogP contribution is 2.35. The van der Waals surface area contributed by atoms with Crippen LogP contribution >= 0.6 is 27.0 Å². The van der Waals surface area contributed by atoms with E-state index in [9.17, 15) is 19.2 Å². The van der Waals surface area contributed by atoms with Crippen molar-refractivity contribution in [3.63, 3.8) is 0 Å². The minimum Gasteiger partial charge on any atom is -0.444 e. The number of aromatic nitrogens is 4. The van der Waals surface area contributed by atoms with Gasteiger partial charge in [0.05, 0.1) is 24.5 Å². The van der Waals surface area contributed by atoms with Crippen LogP contribution in [0, 0.1) is 0 Å². The molecule has 0 radical (unpaired) electrons. The van der Waals surface area contributed by atoms with E-state index in [1.54, 1.807) is 43.2 Å². The lowest BCUT2D eigenvalue weighted by molar-refractivity contribution is 0.0194. The van der Waals surface area contributed by atoms with Gasteiger partial charge in [0.2, 0.25) is 0 Å². The van der Waals surface area contributed by atoms with Crippen LogP contribution < -0.4 is 10.6 Å². The number of carbonyl (C=O) groups is 4. The number of hydrogen-bond acceptors (Lipinski definition) is 10. The van der Waals surface area contributed by atoms with E-state index in [2.05, 4.69) is 59.9 Å². The molecule has 3 aromatic rings. The van der Waals surface area contributed by atoms with E-state index in [0.717, 1.165) is 24.9 Å². The third kappa shape index (κ3) is 15.7. The summed E-state index contributed by atoms with van der Waals surface area (Å²) >= 11 is 0. The average Bonchev–Trinajstić information content (AvgIpc) is 3.96. The van der Waals surface area contributed by atoms with Crippen LogP contribution in [0.4, 0.5) is 21.0 Å². The summed E-state index contributed by atoms with van der Waals surface area (Å²) in [7, 11) is -2.74. The van der Waals surface area contributed by atoms with Crippen molar-refractivity contribution >= 4 is 78.5 Å². The molecule has 1 aromatic carbocycles. The van der Waals surface area contributed by atoms with Crippen LogP contribution in [0.25, 0.3) is 0 Å². The fourth-order valence-corrected chi connectivity index (χ4v) is 8.70. The van der Waals surface area contributed by atoms with Crippen LogP contribution in [0.1, 0.15) is 112 Å². The molecule has 0 saturated carbocycles. The third-order valence-electron chi connectivity index (χ3n) is 10.4. The third-order valence-corrected chi connectivity index (χ3v) is 13.8. The van der Waals surface area contributed by atoms with Gasteiger partial charge in [0, 0.05) is 53.8 Å². The largest absolute Gasteiger partial charge is 0.444 e. The zero-order chi connectivity index (χ0) is 45.6. The van der Waals surface area contributed by atoms with Crippen LogP contribution in [0.15, 0.2) is 36.7 Å². The number of anilines is 2. The van der Waals surface area contributed by atoms with E-state index in [-0.39, 0.29) is 52.5 Å². The molecular formula is C44H74N8O8S2Si2. The molecule has 0 bridgehead atoms. The zero-order valence-corrected chi connectivity index (χ0v) is 44.1. The molecule has 2 aliphatic heterocycles. The van der Waals surface area contributed by atoms with Crippen LogP contribution in [0.5, 0.6) is 0 Å². The maximum absolute atomic E-state index is 13.9. The summed E-state index contributed by atoms with van der Waals surface area (Å²) in [4.78, 5) is 67.0. The Balaban J connectivity index is 0.00000544. The normalized spacial score (nSPS) is 16.8. The SMILES string of the molecule is CC(C)(C)OC(=O)N1CCC[C@H]1c1ncc(C(=O)Nc2ccc(NC(=O)c3cnc([C@@H]4CCCN4C(=O)OC(C)(C)C)n3COCC[Si](C)(C)C)cc2)n1COCC[Si](C)(C)C.S.S. The molecule has 358 valence electrons. The van der Waals surface area contributed by atoms with Gasteiger partial charge in [-0.1, -0.05) is 39.3 Å². The monoisotopic (exact) mass is 962 g/mol. The second kappa shape index (κ2) is 22.6. The maximum Gasteiger partial charge on any atom is 0.410 e. The lowest BCUT2D eigenvalue weighted by Crippen LogP contribution is -2.37. The van der Waals surface area contributed by atoms with E-state index >= 15 is 0 Å². The van der Waals surface area contributed by atoms with Gasteiger partial charge < -0.3 is 29.6 Å². The molecule has 2 aliphatic rings. The van der Waals surface area contributed by atoms with Gasteiger partial charge in [-0.25, -0.2) is 19.6 Å². The summed E-state index contributed by atoms with van der Waals surface area (Å²) in [6.07, 6.45) is 5.13. The molecule has 2 atom stereocenters. The molecule has 2 saturated heterocycles. The Bertz CT molecular complexity index is 1890. The van der Waals surface area contributed by atoms with Crippen LogP contribution in [0.2, 0.25) is 51.4 Å². The highest BCUT2D eigenvalue weighted by molar-refractivity contribution is 7.59. The lowest BCUT2D eigenvalue weighted by Gasteiger charge is -2.29. The molecular weight excluding hydrogens is 889 g/mol. The number of likely N-dealkylation sites (tertiary alicyclic amines) is 2. The number of rotatable bonds is 16. The highest BCUT2D eigenvalue weighted by atomic mass is 32.1. The maximum atomic E-state index is 13.9. The van der Waals surface area contributed by atoms with Crippen molar-refractivity contribution in [3.05, 3.63) is 59.7 Å². The van der Waals surface area contributed by atoms with Crippen LogP contribution in [-0.2, 0) is 32.4 Å². The molecule has 0 aliphatic carbocycles. The van der Waals surface area contributed by atoms with E-state index < -0.39 is 51.4 Å². The fraction of sp³-hybridized carbons (Fsp3) is 0.636. The van der Waals surface area contributed by atoms with Crippen molar-refractivity contribution in [2.45, 2.75) is 155 Å². The van der Waals surface area contributed by atoms with Gasteiger partial charge in [-0.2, -0.15) is 27.0 Å². The molecule has 5 rings (SSSR count). The van der Waals surface area contributed by atoms with Crippen LogP contribution in [0.3, 0.4) is 0 Å². The Kier molecular flexibility index (Phi) is 19.2. The molecule has 2 N–H and O–H groups in total. The van der Waals surface area contributed by atoms with Gasteiger partial charge in [-0.15, -0.1) is 0 Å². The Morgan fingerprint density at radius 2 is 0.969 bits per heavy atom. The quantitative estimate of drug-likeness (QED) is 0.104. The van der Waals surface area contributed by atoms with Crippen molar-refractivity contribution in [3.8, 4) is 0 Å². The van der Waals surface area contributed by atoms with Crippen molar-refractivity contribution in [2.75, 3.05) is 36.9 Å². The summed E-state index contributed by atoms with van der Waals surface area (Å²) in [5, 5.41) is 5.94. The lowest BCUT2D eigenvalue weighted by atomic mass is 10.2. The predicted octanol–water partition coefficient (Wildman–Crippen LogP) is 9.58. The molecule has 0 spiro atoms. The summed E-state index contributed by atoms with van der Waals surface area (Å²) in [5.74, 6) is 0.348. The molecule has 4 heterocycles. The zero-order valence-electron chi connectivity index (χ0n) is 40.1. The Morgan fingerprint density at radius 1 is 0.625 bits per heavy atom. The van der Waals surface area contributed by atoms with E-state index in [4.69, 9.17) is 18.9 Å². The molecule has 4 amide bonds. The number of carbonyl (C=O) groups excluding carboxylic acids is 4. The van der Waals surface area contributed by atoms with E-state index in [0.29, 0.717) is 73.6 Å². The molecule has 16 nitrogen and oxygen atoms in total. The molecule has 20 heteroatoms. The smallest absolute Gasteiger partial charge is 0.410 e. The van der Waals surface area contributed by atoms with Gasteiger partial charge in [0.1, 0.15) is 47.7 Å². The number of amides is 4. The van der Waals surface area contributed by atoms with Gasteiger partial charge in [-0.3, -0.25) is 28.5 Å². The average molecular weight is 963 g/mol. The standard InChI is InChI=1S/C44H70N8O8Si2.2H2S/c1-43(2,3)59-41(55)49-21-13-15-33(49)37-45-27-35(51(37)29-57-23-25-61(7,8)9)39(53)47-31-17-19-32(20-18-31)48-40(54)36-28-46-38(52(36)30-58-24-26-62(10,11)12)34-16-14-22-50(34)42(56)60-44(4,5)6;;/h17-20,27-28,33-34H,13-16,21-26,29-30H2,1-12H3,(H,47,53)(H,48,54);2*1H2/t33-,34-;;/m0../s1. The van der Waals surface area contributed by atoms with Gasteiger partial charge in [-0.05, 0) is 104 Å². The van der Waals surface area contributed by atoms with Gasteiger partial charge in [0.15, 0.2) is 0 Å². The second-order valence-electron chi connectivity index (χ2n) is 20.7. The summed E-state index contributed by atoms with van der Waals surface area (Å²) in [5.41, 5.74) is 0.294. The Labute approximate surface area is 395 Å². The first-order valence-electron chi connectivity index (χ1n) is 21.9. The minimum atomic E-state index is -1.37. The van der Waals surface area contributed by atoms with E-state index in [1.165, 1.54) is 12.4 Å². The minimum absolute atomic E-state index is 0. The highest BCUT2D eigenvalue weighted by Gasteiger charge is 2.38. The predicted molar refractivity (Wildman–Crippen MR) is 266 cm³/mol. The molecule has 2 fully saturated rings. The number of hydrogen-bond donors (Lipinski definition) is 2. The van der Waals surface area contributed by atoms with Gasteiger partial charge in [0.25, 0.3) is 11.8 Å². The summed E-state index contributed by atoms with van der Waals surface area (Å²) in [6, 6.07) is 8.00. The number of nitrogens with one attached hydrogen (secondary N) is 2. The van der Waals surface area contributed by atoms with Crippen molar-refractivity contribution < 1.29 is 38.1 Å². The molecule has 2 aromatic heterocycles. The van der Waals surface area contributed by atoms with Crippen molar-refractivity contribution in [1.82, 2.24) is 28.9 Å².